The van der Waals surface area contributed by atoms with Crippen LogP contribution in [0.15, 0.2) is 48.8 Å². The van der Waals surface area contributed by atoms with Gasteiger partial charge in [0.05, 0.1) is 0 Å². The molecule has 0 saturated carbocycles. The summed E-state index contributed by atoms with van der Waals surface area (Å²) >= 11 is 0. The number of carbonyl (C=O) groups is 1. The van der Waals surface area contributed by atoms with E-state index < -0.39 is 5.91 Å². The normalized spacial score (nSPS) is 8.71. The highest BCUT2D eigenvalue weighted by atomic mass is 35.5. The van der Waals surface area contributed by atoms with Crippen LogP contribution in [-0.2, 0) is 0 Å². The van der Waals surface area contributed by atoms with E-state index in [1.807, 2.05) is 24.3 Å². The van der Waals surface area contributed by atoms with Gasteiger partial charge in [-0.3, -0.25) is 9.78 Å². The Bertz CT molecular complexity index is 489. The number of halogens is 2. The topological polar surface area (TPSA) is 56.0 Å². The van der Waals surface area contributed by atoms with Gasteiger partial charge in [-0.05, 0) is 29.3 Å². The van der Waals surface area contributed by atoms with Crippen molar-refractivity contribution in [3.8, 4) is 11.1 Å². The average Bonchev–Trinajstić information content (AvgIpc) is 2.30. The van der Waals surface area contributed by atoms with Gasteiger partial charge < -0.3 is 5.73 Å². The summed E-state index contributed by atoms with van der Waals surface area (Å²) in [4.78, 5) is 15.1. The third-order valence-corrected chi connectivity index (χ3v) is 2.18. The molecule has 0 atom stereocenters. The SMILES string of the molecule is Cl.Cl.NC(=O)c1ccccc1-c1ccncc1. The second-order valence-corrected chi connectivity index (χ2v) is 3.15. The molecule has 3 nitrogen and oxygen atoms in total. The van der Waals surface area contributed by atoms with Crippen LogP contribution >= 0.6 is 24.8 Å². The lowest BCUT2D eigenvalue weighted by Gasteiger charge is -2.05. The molecule has 1 aromatic carbocycles. The molecular formula is C12H12Cl2N2O. The molecule has 2 rings (SSSR count). The number of primary amides is 1. The second-order valence-electron chi connectivity index (χ2n) is 3.15. The molecule has 1 aromatic heterocycles. The van der Waals surface area contributed by atoms with Crippen LogP contribution in [0, 0.1) is 0 Å². The maximum Gasteiger partial charge on any atom is 0.249 e. The van der Waals surface area contributed by atoms with E-state index in [1.165, 1.54) is 0 Å². The molecule has 5 heteroatoms. The molecule has 90 valence electrons. The Hall–Kier alpha value is -1.58. The molecule has 0 bridgehead atoms. The van der Waals surface area contributed by atoms with Crippen molar-refractivity contribution in [1.82, 2.24) is 4.98 Å². The predicted octanol–water partition coefficient (Wildman–Crippen LogP) is 2.69. The molecule has 1 amide bonds. The van der Waals surface area contributed by atoms with Crippen molar-refractivity contribution in [3.05, 3.63) is 54.4 Å². The smallest absolute Gasteiger partial charge is 0.249 e. The first kappa shape index (κ1) is 15.4. The van der Waals surface area contributed by atoms with E-state index in [2.05, 4.69) is 4.98 Å². The van der Waals surface area contributed by atoms with Gasteiger partial charge >= 0.3 is 0 Å². The van der Waals surface area contributed by atoms with Crippen LogP contribution in [0.5, 0.6) is 0 Å². The molecular weight excluding hydrogens is 259 g/mol. The van der Waals surface area contributed by atoms with Crippen LogP contribution in [0.4, 0.5) is 0 Å². The zero-order valence-corrected chi connectivity index (χ0v) is 10.5. The summed E-state index contributed by atoms with van der Waals surface area (Å²) in [5, 5.41) is 0. The van der Waals surface area contributed by atoms with Crippen molar-refractivity contribution < 1.29 is 4.79 Å². The first-order valence-electron chi connectivity index (χ1n) is 4.58. The first-order chi connectivity index (χ1) is 7.29. The molecule has 0 unspecified atom stereocenters. The molecule has 0 aliphatic rings. The lowest BCUT2D eigenvalue weighted by atomic mass is 10.0. The van der Waals surface area contributed by atoms with Crippen molar-refractivity contribution >= 4 is 30.7 Å². The largest absolute Gasteiger partial charge is 0.366 e. The number of amides is 1. The Morgan fingerprint density at radius 3 is 2.18 bits per heavy atom. The number of hydrogen-bond acceptors (Lipinski definition) is 2. The second kappa shape index (κ2) is 6.89. The number of rotatable bonds is 2. The van der Waals surface area contributed by atoms with E-state index in [-0.39, 0.29) is 24.8 Å². The van der Waals surface area contributed by atoms with Crippen molar-refractivity contribution in [2.24, 2.45) is 5.73 Å². The van der Waals surface area contributed by atoms with Crippen molar-refractivity contribution in [2.45, 2.75) is 0 Å². The summed E-state index contributed by atoms with van der Waals surface area (Å²) in [5.74, 6) is -0.414. The number of benzene rings is 1. The highest BCUT2D eigenvalue weighted by Gasteiger charge is 2.07. The summed E-state index contributed by atoms with van der Waals surface area (Å²) in [6.07, 6.45) is 3.38. The maximum absolute atomic E-state index is 11.2. The highest BCUT2D eigenvalue weighted by molar-refractivity contribution is 5.99. The third kappa shape index (κ3) is 3.44. The van der Waals surface area contributed by atoms with E-state index >= 15 is 0 Å². The molecule has 0 spiro atoms. The van der Waals surface area contributed by atoms with Crippen LogP contribution in [0.3, 0.4) is 0 Å². The van der Waals surface area contributed by atoms with Gasteiger partial charge in [-0.1, -0.05) is 18.2 Å². The standard InChI is InChI=1S/C12H10N2O.2ClH/c13-12(15)11-4-2-1-3-10(11)9-5-7-14-8-6-9;;/h1-8H,(H2,13,15);2*1H. The highest BCUT2D eigenvalue weighted by Crippen LogP contribution is 2.22. The van der Waals surface area contributed by atoms with E-state index in [1.54, 1.807) is 24.5 Å². The Morgan fingerprint density at radius 1 is 1.00 bits per heavy atom. The molecule has 0 saturated heterocycles. The Labute approximate surface area is 112 Å². The lowest BCUT2D eigenvalue weighted by Crippen LogP contribution is -2.12. The Kier molecular flexibility index (Phi) is 6.25. The van der Waals surface area contributed by atoms with Crippen LogP contribution in [0.2, 0.25) is 0 Å². The van der Waals surface area contributed by atoms with Gasteiger partial charge in [0.25, 0.3) is 0 Å². The summed E-state index contributed by atoms with van der Waals surface area (Å²) in [6.45, 7) is 0. The van der Waals surface area contributed by atoms with Crippen molar-refractivity contribution in [1.29, 1.82) is 0 Å². The zero-order valence-electron chi connectivity index (χ0n) is 8.87. The number of pyridine rings is 1. The summed E-state index contributed by atoms with van der Waals surface area (Å²) in [6, 6.07) is 11.0. The van der Waals surface area contributed by atoms with Gasteiger partial charge in [-0.2, -0.15) is 0 Å². The maximum atomic E-state index is 11.2. The van der Waals surface area contributed by atoms with Gasteiger partial charge in [-0.25, -0.2) is 0 Å². The molecule has 0 radical (unpaired) electrons. The third-order valence-electron chi connectivity index (χ3n) is 2.18. The quantitative estimate of drug-likeness (QED) is 0.912. The molecule has 2 aromatic rings. The Morgan fingerprint density at radius 2 is 1.59 bits per heavy atom. The zero-order chi connectivity index (χ0) is 10.7. The number of hydrogen-bond donors (Lipinski definition) is 1. The van der Waals surface area contributed by atoms with Crippen LogP contribution in [0.25, 0.3) is 11.1 Å². The minimum absolute atomic E-state index is 0. The lowest BCUT2D eigenvalue weighted by molar-refractivity contribution is 0.100. The number of nitrogens with zero attached hydrogens (tertiary/aromatic N) is 1. The molecule has 0 aliphatic heterocycles. The molecule has 2 N–H and O–H groups in total. The Balaban J connectivity index is 0.00000128. The predicted molar refractivity (Wildman–Crippen MR) is 72.7 cm³/mol. The van der Waals surface area contributed by atoms with Gasteiger partial charge in [-0.15, -0.1) is 24.8 Å². The van der Waals surface area contributed by atoms with Crippen LogP contribution < -0.4 is 5.73 Å². The molecule has 0 fully saturated rings. The van der Waals surface area contributed by atoms with Crippen LogP contribution in [-0.4, -0.2) is 10.9 Å². The van der Waals surface area contributed by atoms with Crippen LogP contribution in [0.1, 0.15) is 10.4 Å². The first-order valence-corrected chi connectivity index (χ1v) is 4.58. The van der Waals surface area contributed by atoms with Crippen molar-refractivity contribution in [2.75, 3.05) is 0 Å². The summed E-state index contributed by atoms with van der Waals surface area (Å²) in [7, 11) is 0. The van der Waals surface area contributed by atoms with Gasteiger partial charge in [0.2, 0.25) is 5.91 Å². The monoisotopic (exact) mass is 270 g/mol. The van der Waals surface area contributed by atoms with E-state index in [9.17, 15) is 4.79 Å². The molecule has 0 aliphatic carbocycles. The van der Waals surface area contributed by atoms with E-state index in [0.29, 0.717) is 5.56 Å². The van der Waals surface area contributed by atoms with E-state index in [0.717, 1.165) is 11.1 Å². The average molecular weight is 271 g/mol. The fourth-order valence-electron chi connectivity index (χ4n) is 1.48. The minimum Gasteiger partial charge on any atom is -0.366 e. The molecule has 1 heterocycles. The fraction of sp³-hybridized carbons (Fsp3) is 0. The number of carbonyl (C=O) groups excluding carboxylic acids is 1. The van der Waals surface area contributed by atoms with Gasteiger partial charge in [0.15, 0.2) is 0 Å². The summed E-state index contributed by atoms with van der Waals surface area (Å²) in [5.41, 5.74) is 7.61. The van der Waals surface area contributed by atoms with Gasteiger partial charge in [0.1, 0.15) is 0 Å². The molecule has 17 heavy (non-hydrogen) atoms. The van der Waals surface area contributed by atoms with E-state index in [4.69, 9.17) is 5.73 Å². The summed E-state index contributed by atoms with van der Waals surface area (Å²) < 4.78 is 0. The number of aromatic nitrogens is 1. The number of nitrogens with two attached hydrogens (primary N) is 1. The minimum atomic E-state index is -0.414. The fourth-order valence-corrected chi connectivity index (χ4v) is 1.48. The van der Waals surface area contributed by atoms with Crippen molar-refractivity contribution in [3.63, 3.8) is 0 Å². The van der Waals surface area contributed by atoms with Gasteiger partial charge in [0, 0.05) is 18.0 Å².